The van der Waals surface area contributed by atoms with Crippen LogP contribution in [0.3, 0.4) is 0 Å². The second-order valence-electron chi connectivity index (χ2n) is 6.71. The van der Waals surface area contributed by atoms with Gasteiger partial charge in [-0.05, 0) is 29.7 Å². The lowest BCUT2D eigenvalue weighted by molar-refractivity contribution is -0.130. The fourth-order valence-electron chi connectivity index (χ4n) is 2.76. The predicted octanol–water partition coefficient (Wildman–Crippen LogP) is 3.96. The number of nitrogens with zero attached hydrogens (tertiary/aromatic N) is 1. The van der Waals surface area contributed by atoms with Gasteiger partial charge in [-0.2, -0.15) is 8.78 Å². The molecule has 2 rings (SSSR count). The maximum atomic E-state index is 12.5. The summed E-state index contributed by atoms with van der Waals surface area (Å²) in [5.41, 5.74) is 1.50. The van der Waals surface area contributed by atoms with E-state index in [4.69, 9.17) is 9.47 Å². The van der Waals surface area contributed by atoms with Crippen molar-refractivity contribution >= 4 is 12.0 Å². The predicted molar refractivity (Wildman–Crippen MR) is 110 cm³/mol. The van der Waals surface area contributed by atoms with Gasteiger partial charge in [0, 0.05) is 26.6 Å². The van der Waals surface area contributed by atoms with E-state index in [-0.39, 0.29) is 37.0 Å². The zero-order chi connectivity index (χ0) is 22.6. The van der Waals surface area contributed by atoms with E-state index >= 15 is 0 Å². The standard InChI is InChI=1S/C22H26F2N2O5/c1-26(14-17-10-11-18(29-2)19(13-17)31-21(23)24)20(27)9-6-12-25-22(28)30-15-16-7-4-3-5-8-16/h3-5,7-8,10-11,13,21H,6,9,12,14-15H2,1-2H3,(H,25,28). The number of nitrogens with one attached hydrogen (secondary N) is 1. The number of hydrogen-bond acceptors (Lipinski definition) is 5. The first kappa shape index (κ1) is 23.9. The number of benzene rings is 2. The topological polar surface area (TPSA) is 77.1 Å². The van der Waals surface area contributed by atoms with Crippen LogP contribution in [0.2, 0.25) is 0 Å². The zero-order valence-corrected chi connectivity index (χ0v) is 17.5. The highest BCUT2D eigenvalue weighted by Crippen LogP contribution is 2.29. The van der Waals surface area contributed by atoms with Crippen LogP contribution in [0.1, 0.15) is 24.0 Å². The summed E-state index contributed by atoms with van der Waals surface area (Å²) in [6, 6.07) is 13.9. The molecule has 0 spiro atoms. The number of methoxy groups -OCH3 is 1. The van der Waals surface area contributed by atoms with E-state index in [1.165, 1.54) is 24.1 Å². The summed E-state index contributed by atoms with van der Waals surface area (Å²) in [4.78, 5) is 25.5. The van der Waals surface area contributed by atoms with Crippen LogP contribution in [0.15, 0.2) is 48.5 Å². The summed E-state index contributed by atoms with van der Waals surface area (Å²) in [6.07, 6.45) is 0.104. The first-order valence-corrected chi connectivity index (χ1v) is 9.69. The van der Waals surface area contributed by atoms with Crippen molar-refractivity contribution in [3.63, 3.8) is 0 Å². The smallest absolute Gasteiger partial charge is 0.407 e. The second-order valence-corrected chi connectivity index (χ2v) is 6.71. The molecule has 9 heteroatoms. The molecule has 0 aliphatic rings. The van der Waals surface area contributed by atoms with E-state index in [0.29, 0.717) is 18.5 Å². The molecule has 0 atom stereocenters. The van der Waals surface area contributed by atoms with Gasteiger partial charge in [-0.15, -0.1) is 0 Å². The van der Waals surface area contributed by atoms with Gasteiger partial charge in [-0.25, -0.2) is 4.79 Å². The van der Waals surface area contributed by atoms with Crippen LogP contribution < -0.4 is 14.8 Å². The van der Waals surface area contributed by atoms with Crippen LogP contribution in [0.5, 0.6) is 11.5 Å². The van der Waals surface area contributed by atoms with Gasteiger partial charge in [-0.3, -0.25) is 4.79 Å². The highest BCUT2D eigenvalue weighted by atomic mass is 19.3. The Morgan fingerprint density at radius 2 is 1.81 bits per heavy atom. The lowest BCUT2D eigenvalue weighted by atomic mass is 10.2. The minimum atomic E-state index is -2.98. The third kappa shape index (κ3) is 8.49. The van der Waals surface area contributed by atoms with Gasteiger partial charge in [0.25, 0.3) is 0 Å². The molecule has 0 heterocycles. The molecule has 168 valence electrons. The highest BCUT2D eigenvalue weighted by Gasteiger charge is 2.14. The highest BCUT2D eigenvalue weighted by molar-refractivity contribution is 5.76. The Bertz CT molecular complexity index is 849. The van der Waals surface area contributed by atoms with Gasteiger partial charge in [0.05, 0.1) is 7.11 Å². The van der Waals surface area contributed by atoms with Crippen molar-refractivity contribution < 1.29 is 32.6 Å². The number of alkyl halides is 2. The number of hydrogen-bond donors (Lipinski definition) is 1. The van der Waals surface area contributed by atoms with Gasteiger partial charge in [0.15, 0.2) is 11.5 Å². The third-order valence-corrected chi connectivity index (χ3v) is 4.34. The largest absolute Gasteiger partial charge is 0.493 e. The molecule has 2 aromatic carbocycles. The molecule has 0 bridgehead atoms. The summed E-state index contributed by atoms with van der Waals surface area (Å²) in [5.74, 6) is -0.0519. The SMILES string of the molecule is COc1ccc(CN(C)C(=O)CCCNC(=O)OCc2ccccc2)cc1OC(F)F. The van der Waals surface area contributed by atoms with Crippen molar-refractivity contribution in [2.24, 2.45) is 0 Å². The summed E-state index contributed by atoms with van der Waals surface area (Å²) in [6.45, 7) is -2.29. The first-order valence-electron chi connectivity index (χ1n) is 9.69. The van der Waals surface area contributed by atoms with Crippen molar-refractivity contribution in [2.45, 2.75) is 32.6 Å². The fraction of sp³-hybridized carbons (Fsp3) is 0.364. The fourth-order valence-corrected chi connectivity index (χ4v) is 2.76. The van der Waals surface area contributed by atoms with Crippen molar-refractivity contribution in [3.05, 3.63) is 59.7 Å². The Kier molecular flexibility index (Phi) is 9.54. The average Bonchev–Trinajstić information content (AvgIpc) is 2.75. The van der Waals surface area contributed by atoms with Crippen molar-refractivity contribution in [3.8, 4) is 11.5 Å². The quantitative estimate of drug-likeness (QED) is 0.540. The minimum Gasteiger partial charge on any atom is -0.493 e. The summed E-state index contributed by atoms with van der Waals surface area (Å²) in [7, 11) is 2.97. The van der Waals surface area contributed by atoms with E-state index in [0.717, 1.165) is 5.56 Å². The van der Waals surface area contributed by atoms with Crippen molar-refractivity contribution in [1.29, 1.82) is 0 Å². The summed E-state index contributed by atoms with van der Waals surface area (Å²) in [5, 5.41) is 2.60. The van der Waals surface area contributed by atoms with Crippen molar-refractivity contribution in [2.75, 3.05) is 20.7 Å². The van der Waals surface area contributed by atoms with Crippen LogP contribution in [-0.2, 0) is 22.7 Å². The Morgan fingerprint density at radius 3 is 2.48 bits per heavy atom. The molecular formula is C22H26F2N2O5. The molecule has 1 N–H and O–H groups in total. The maximum Gasteiger partial charge on any atom is 0.407 e. The zero-order valence-electron chi connectivity index (χ0n) is 17.5. The normalized spacial score (nSPS) is 10.5. The molecule has 7 nitrogen and oxygen atoms in total. The number of rotatable bonds is 11. The molecule has 0 saturated heterocycles. The second kappa shape index (κ2) is 12.4. The van der Waals surface area contributed by atoms with Crippen LogP contribution >= 0.6 is 0 Å². The number of carbonyl (C=O) groups excluding carboxylic acids is 2. The van der Waals surface area contributed by atoms with Crippen LogP contribution in [0, 0.1) is 0 Å². The van der Waals surface area contributed by atoms with Gasteiger partial charge < -0.3 is 24.4 Å². The van der Waals surface area contributed by atoms with E-state index in [1.807, 2.05) is 30.3 Å². The number of carbonyl (C=O) groups is 2. The first-order chi connectivity index (χ1) is 14.9. The van der Waals surface area contributed by atoms with Gasteiger partial charge in [0.2, 0.25) is 5.91 Å². The Balaban J connectivity index is 1.71. The monoisotopic (exact) mass is 436 g/mol. The molecule has 0 radical (unpaired) electrons. The van der Waals surface area contributed by atoms with Gasteiger partial charge >= 0.3 is 12.7 Å². The van der Waals surface area contributed by atoms with Crippen molar-refractivity contribution in [1.82, 2.24) is 10.2 Å². The Morgan fingerprint density at radius 1 is 1.06 bits per heavy atom. The molecular weight excluding hydrogens is 410 g/mol. The molecule has 0 aromatic heterocycles. The summed E-state index contributed by atoms with van der Waals surface area (Å²) >= 11 is 0. The van der Waals surface area contributed by atoms with E-state index in [2.05, 4.69) is 10.1 Å². The summed E-state index contributed by atoms with van der Waals surface area (Å²) < 4.78 is 39.6. The van der Waals surface area contributed by atoms with E-state index in [9.17, 15) is 18.4 Å². The minimum absolute atomic E-state index is 0.0888. The molecule has 0 fully saturated rings. The Hall–Kier alpha value is -3.36. The van der Waals surface area contributed by atoms with Crippen LogP contribution in [-0.4, -0.2) is 44.2 Å². The van der Waals surface area contributed by atoms with Gasteiger partial charge in [0.1, 0.15) is 6.61 Å². The molecule has 2 amide bonds. The lowest BCUT2D eigenvalue weighted by Gasteiger charge is -2.18. The lowest BCUT2D eigenvalue weighted by Crippen LogP contribution is -2.29. The average molecular weight is 436 g/mol. The molecule has 0 saturated carbocycles. The third-order valence-electron chi connectivity index (χ3n) is 4.34. The molecule has 0 aliphatic carbocycles. The molecule has 0 aliphatic heterocycles. The molecule has 0 unspecified atom stereocenters. The van der Waals surface area contributed by atoms with E-state index in [1.54, 1.807) is 13.1 Å². The molecule has 2 aromatic rings. The number of alkyl carbamates (subject to hydrolysis) is 1. The number of ether oxygens (including phenoxy) is 3. The van der Waals surface area contributed by atoms with E-state index < -0.39 is 12.7 Å². The number of halogens is 2. The Labute approximate surface area is 179 Å². The van der Waals surface area contributed by atoms with Crippen LogP contribution in [0.25, 0.3) is 0 Å². The maximum absolute atomic E-state index is 12.5. The van der Waals surface area contributed by atoms with Crippen LogP contribution in [0.4, 0.5) is 13.6 Å². The number of amides is 2. The van der Waals surface area contributed by atoms with Gasteiger partial charge in [-0.1, -0.05) is 36.4 Å². The molecule has 31 heavy (non-hydrogen) atoms.